The monoisotopic (exact) mass is 899 g/mol. The summed E-state index contributed by atoms with van der Waals surface area (Å²) in [5, 5.41) is 38.6. The summed E-state index contributed by atoms with van der Waals surface area (Å²) in [7, 11) is 1.65. The Morgan fingerprint density at radius 2 is 1.62 bits per heavy atom. The van der Waals surface area contributed by atoms with Crippen LogP contribution in [0.4, 0.5) is 0 Å². The number of fused-ring (bicyclic) bond motifs is 2. The first-order valence-electron chi connectivity index (χ1n) is 21.1. The summed E-state index contributed by atoms with van der Waals surface area (Å²) in [5.74, 6) is -8.33. The smallest absolute Gasteiger partial charge is 0.326 e. The van der Waals surface area contributed by atoms with E-state index >= 15 is 0 Å². The Morgan fingerprint density at radius 3 is 2.24 bits per heavy atom. The van der Waals surface area contributed by atoms with Crippen molar-refractivity contribution in [2.24, 2.45) is 23.5 Å². The normalized spacial score (nSPS) is 24.5. The van der Waals surface area contributed by atoms with E-state index in [1.54, 1.807) is 20.9 Å². The third kappa shape index (κ3) is 13.2. The molecule has 9 atom stereocenters. The summed E-state index contributed by atoms with van der Waals surface area (Å²) in [5.41, 5.74) is 7.76. The van der Waals surface area contributed by atoms with Crippen molar-refractivity contribution in [3.05, 3.63) is 40.3 Å². The number of likely N-dealkylation sites (N-methyl/N-ethyl adjacent to an activating group) is 1. The van der Waals surface area contributed by atoms with Gasteiger partial charge >= 0.3 is 5.97 Å². The van der Waals surface area contributed by atoms with E-state index < -0.39 is 121 Å². The molecule has 346 valence electrons. The Kier molecular flexibility index (Phi) is 18.1. The molecule has 2 heterocycles. The zero-order valence-corrected chi connectivity index (χ0v) is 37.3. The van der Waals surface area contributed by atoms with Gasteiger partial charge in [-0.05, 0) is 46.4 Å². The number of carbonyl (C=O) groups excluding carboxylic acids is 8. The van der Waals surface area contributed by atoms with E-state index in [2.05, 4.69) is 37.2 Å². The molecule has 63 heavy (non-hydrogen) atoms. The molecule has 1 saturated heterocycles. The highest BCUT2D eigenvalue weighted by Gasteiger charge is 2.43. The van der Waals surface area contributed by atoms with Crippen molar-refractivity contribution >= 4 is 70.6 Å². The molecule has 1 aromatic carbocycles. The number of carboxylic acid groups (broad SMARTS) is 1. The summed E-state index contributed by atoms with van der Waals surface area (Å²) in [6.45, 7) is 7.83. The first-order valence-corrected chi connectivity index (χ1v) is 22.1. The Balaban J connectivity index is 1.76. The van der Waals surface area contributed by atoms with Crippen molar-refractivity contribution in [3.63, 3.8) is 0 Å². The minimum absolute atomic E-state index is 0.0478. The largest absolute Gasteiger partial charge is 0.480 e. The Bertz CT molecular complexity index is 1960. The van der Waals surface area contributed by atoms with Crippen LogP contribution in [-0.2, 0) is 49.6 Å². The van der Waals surface area contributed by atoms with E-state index in [-0.39, 0.29) is 37.0 Å². The van der Waals surface area contributed by atoms with Crippen LogP contribution in [0.5, 0.6) is 0 Å². The third-order valence-electron chi connectivity index (χ3n) is 11.8. The van der Waals surface area contributed by atoms with Crippen molar-refractivity contribution in [3.8, 4) is 0 Å². The van der Waals surface area contributed by atoms with Crippen LogP contribution >= 0.6 is 11.8 Å². The Morgan fingerprint density at radius 1 is 0.968 bits per heavy atom. The second kappa shape index (κ2) is 22.7. The summed E-state index contributed by atoms with van der Waals surface area (Å²) >= 11 is 1.16. The van der Waals surface area contributed by atoms with E-state index in [9.17, 15) is 53.4 Å². The molecule has 4 rings (SSSR count). The summed E-state index contributed by atoms with van der Waals surface area (Å²) < 4.78 is 0. The van der Waals surface area contributed by atoms with Crippen LogP contribution in [0.25, 0.3) is 5.57 Å². The van der Waals surface area contributed by atoms with Crippen LogP contribution in [0.3, 0.4) is 0 Å². The van der Waals surface area contributed by atoms with Crippen LogP contribution in [0.2, 0.25) is 0 Å². The number of aliphatic carboxylic acids is 1. The van der Waals surface area contributed by atoms with Gasteiger partial charge in [-0.15, -0.1) is 11.8 Å². The number of aliphatic hydroxyl groups is 1. The maximum atomic E-state index is 14.2. The number of nitrogens with zero attached hydrogens (tertiary/aromatic N) is 1. The number of nitrogens with two attached hydrogens (primary N) is 1. The molecule has 0 saturated carbocycles. The topological polar surface area (TPSA) is 308 Å². The van der Waals surface area contributed by atoms with Crippen LogP contribution in [-0.4, -0.2) is 143 Å². The van der Waals surface area contributed by atoms with Gasteiger partial charge in [0.05, 0.1) is 31.7 Å². The molecular formula is C42H61N9O11S. The molecular weight excluding hydrogens is 839 g/mol. The number of nitrogens with one attached hydrogen (secondary N) is 7. The van der Waals surface area contributed by atoms with E-state index in [1.807, 2.05) is 45.0 Å². The number of amides is 8. The molecule has 8 amide bonds. The molecule has 1 aliphatic carbocycles. The first kappa shape index (κ1) is 50.1. The van der Waals surface area contributed by atoms with E-state index in [1.165, 1.54) is 0 Å². The van der Waals surface area contributed by atoms with Gasteiger partial charge in [-0.3, -0.25) is 38.4 Å². The van der Waals surface area contributed by atoms with Gasteiger partial charge in [0.15, 0.2) is 0 Å². The molecule has 21 heteroatoms. The number of carboxylic acids is 1. The lowest BCUT2D eigenvalue weighted by Gasteiger charge is -2.29. The molecule has 11 N–H and O–H groups in total. The number of carbonyl (C=O) groups is 9. The number of hydrogen-bond acceptors (Lipinski definition) is 12. The maximum Gasteiger partial charge on any atom is 0.326 e. The average Bonchev–Trinajstić information content (AvgIpc) is 3.80. The van der Waals surface area contributed by atoms with Crippen molar-refractivity contribution in [1.82, 2.24) is 42.1 Å². The third-order valence-corrected chi connectivity index (χ3v) is 13.1. The van der Waals surface area contributed by atoms with Crippen LogP contribution in [0.15, 0.2) is 29.2 Å². The van der Waals surface area contributed by atoms with Gasteiger partial charge in [0, 0.05) is 31.6 Å². The molecule has 0 spiro atoms. The van der Waals surface area contributed by atoms with Gasteiger partial charge in [-0.2, -0.15) is 0 Å². The predicted octanol–water partition coefficient (Wildman–Crippen LogP) is -1.89. The van der Waals surface area contributed by atoms with Crippen molar-refractivity contribution in [2.75, 3.05) is 32.4 Å². The summed E-state index contributed by atoms with van der Waals surface area (Å²) in [4.78, 5) is 122. The highest BCUT2D eigenvalue weighted by molar-refractivity contribution is 8.03. The highest BCUT2D eigenvalue weighted by Crippen LogP contribution is 2.41. The number of hydrogen-bond donors (Lipinski definition) is 10. The minimum Gasteiger partial charge on any atom is -0.480 e. The molecule has 0 radical (unpaired) electrons. The number of allylic oxidation sites excluding steroid dienone is 1. The molecule has 0 bridgehead atoms. The summed E-state index contributed by atoms with van der Waals surface area (Å²) in [6.07, 6.45) is -1.45. The van der Waals surface area contributed by atoms with Gasteiger partial charge in [-0.25, -0.2) is 4.79 Å². The van der Waals surface area contributed by atoms with Crippen molar-refractivity contribution in [2.45, 2.75) is 109 Å². The molecule has 1 fully saturated rings. The van der Waals surface area contributed by atoms with Crippen LogP contribution in [0, 0.1) is 17.8 Å². The number of thioether (sulfide) groups is 1. The van der Waals surface area contributed by atoms with E-state index in [0.717, 1.165) is 27.8 Å². The zero-order valence-electron chi connectivity index (χ0n) is 36.4. The number of benzene rings is 1. The van der Waals surface area contributed by atoms with Gasteiger partial charge in [0.25, 0.3) is 0 Å². The minimum atomic E-state index is -1.68. The Hall–Kier alpha value is -5.54. The lowest BCUT2D eigenvalue weighted by molar-refractivity contribution is -0.149. The lowest BCUT2D eigenvalue weighted by atomic mass is 9.89. The quantitative estimate of drug-likeness (QED) is 0.104. The molecule has 1 aromatic rings. The lowest BCUT2D eigenvalue weighted by Crippen LogP contribution is -2.58. The van der Waals surface area contributed by atoms with Gasteiger partial charge in [0.1, 0.15) is 30.2 Å². The predicted molar refractivity (Wildman–Crippen MR) is 232 cm³/mol. The standard InChI is InChI=1S/C42H61N9O11S/c1-7-21(4)35-39(58)46-16-33(54)47-29(38(57)49-28(15-32(43)53)41(60)51-18-24(52)13-30(51)42(61)62)19-63-31-12-23-10-8-9-11-25(23)26(31)14-27(37(56)45-17-34(55)50-35)48-40(59)36(44-6)22(5)20(2)3/h8-11,20-22,24,27-30,35-36,44,52H,7,12-19H2,1-6H3,(H2,43,53)(H,45,56)(H,46,58)(H,47,54)(H,48,59)(H,49,57)(H,50,55)(H,61,62)/t21-,22?,24+,27+,28-,29+,30-,35-,36-/m0/s1. The number of likely N-dealkylation sites (tertiary alicyclic amines) is 1. The number of primary amides is 1. The maximum absolute atomic E-state index is 14.2. The van der Waals surface area contributed by atoms with Crippen LogP contribution in [0.1, 0.15) is 71.4 Å². The zero-order chi connectivity index (χ0) is 46.7. The van der Waals surface area contributed by atoms with Crippen LogP contribution < -0.4 is 43.0 Å². The van der Waals surface area contributed by atoms with E-state index in [0.29, 0.717) is 23.3 Å². The van der Waals surface area contributed by atoms with Crippen molar-refractivity contribution < 1.29 is 53.4 Å². The second-order valence-corrected chi connectivity index (χ2v) is 17.7. The molecule has 1 unspecified atom stereocenters. The van der Waals surface area contributed by atoms with Gasteiger partial charge in [0.2, 0.25) is 47.3 Å². The fourth-order valence-electron chi connectivity index (χ4n) is 7.72. The molecule has 0 aromatic heterocycles. The van der Waals surface area contributed by atoms with Gasteiger partial charge < -0.3 is 58.1 Å². The fraction of sp³-hybridized carbons (Fsp3) is 0.595. The van der Waals surface area contributed by atoms with Crippen molar-refractivity contribution in [1.29, 1.82) is 0 Å². The molecule has 3 aliphatic rings. The fourth-order valence-corrected chi connectivity index (χ4v) is 8.95. The SMILES string of the molecule is CC[C@H](C)[C@@H]1NC(=O)CNC(=O)[C@H](NC(=O)[C@@H](NC)C(C)C(C)C)CC2=C(Cc3ccccc32)SC[C@H](C(=O)N[C@@H](CC(N)=O)C(=O)N2C[C@H](O)C[C@H]2C(=O)O)NC(=O)CNC1=O. The van der Waals surface area contributed by atoms with Gasteiger partial charge in [-0.1, -0.05) is 65.3 Å². The highest BCUT2D eigenvalue weighted by atomic mass is 32.2. The summed E-state index contributed by atoms with van der Waals surface area (Å²) in [6, 6.07) is -0.186. The number of rotatable bonds is 13. The van der Waals surface area contributed by atoms with E-state index in [4.69, 9.17) is 5.73 Å². The Labute approximate surface area is 370 Å². The molecule has 20 nitrogen and oxygen atoms in total. The number of aliphatic hydroxyl groups excluding tert-OH is 1. The second-order valence-electron chi connectivity index (χ2n) is 16.6. The first-order chi connectivity index (χ1) is 29.7. The number of β-amino-alcohol motifs (C(OH)–C–C–N with tert-alkyl or cyclic N) is 1. The molecule has 2 aliphatic heterocycles. The average molecular weight is 900 g/mol.